The molecule has 0 saturated heterocycles. The Morgan fingerprint density at radius 1 is 1.10 bits per heavy atom. The lowest BCUT2D eigenvalue weighted by Gasteiger charge is -2.14. The van der Waals surface area contributed by atoms with Crippen molar-refractivity contribution in [1.29, 1.82) is 0 Å². The van der Waals surface area contributed by atoms with Crippen LogP contribution in [0.3, 0.4) is 0 Å². The minimum Gasteiger partial charge on any atom is -0.350 e. The Balaban J connectivity index is 1.87. The van der Waals surface area contributed by atoms with Gasteiger partial charge in [-0.25, -0.2) is 0 Å². The lowest BCUT2D eigenvalue weighted by Crippen LogP contribution is -2.32. The van der Waals surface area contributed by atoms with Gasteiger partial charge in [0.2, 0.25) is 0 Å². The van der Waals surface area contributed by atoms with Crippen LogP contribution in [0.1, 0.15) is 34.8 Å². The van der Waals surface area contributed by atoms with E-state index in [1.165, 1.54) is 5.56 Å². The van der Waals surface area contributed by atoms with Gasteiger partial charge in [0.15, 0.2) is 0 Å². The Morgan fingerprint density at radius 2 is 1.81 bits per heavy atom. The first kappa shape index (κ1) is 15.6. The quantitative estimate of drug-likeness (QED) is 0.797. The molecule has 21 heavy (non-hydrogen) atoms. The maximum absolute atomic E-state index is 12.2. The fourth-order valence-electron chi connectivity index (χ4n) is 2.20. The van der Waals surface area contributed by atoms with Crippen LogP contribution < -0.4 is 5.32 Å². The van der Waals surface area contributed by atoms with E-state index in [4.69, 9.17) is 11.6 Å². The highest BCUT2D eigenvalue weighted by Crippen LogP contribution is 2.09. The molecule has 0 aliphatic carbocycles. The molecule has 1 atom stereocenters. The van der Waals surface area contributed by atoms with Crippen LogP contribution in [0.5, 0.6) is 0 Å². The molecule has 2 aromatic rings. The molecule has 2 aromatic carbocycles. The number of rotatable bonds is 6. The van der Waals surface area contributed by atoms with Gasteiger partial charge < -0.3 is 5.32 Å². The second-order valence-electron chi connectivity index (χ2n) is 5.23. The van der Waals surface area contributed by atoms with Crippen molar-refractivity contribution < 1.29 is 4.79 Å². The van der Waals surface area contributed by atoms with E-state index in [0.29, 0.717) is 11.4 Å². The minimum atomic E-state index is -0.0393. The number of alkyl halides is 1. The van der Waals surface area contributed by atoms with Crippen molar-refractivity contribution in [2.24, 2.45) is 0 Å². The molecule has 1 unspecified atom stereocenters. The molecule has 2 nitrogen and oxygen atoms in total. The Hall–Kier alpha value is -1.80. The highest BCUT2D eigenvalue weighted by molar-refractivity contribution is 6.17. The molecule has 2 rings (SSSR count). The standard InChI is InChI=1S/C18H20ClNO/c1-14(10-11-15-6-3-2-4-7-15)20-18(21)17-9-5-8-16(12-17)13-19/h2-9,12,14H,10-11,13H2,1H3,(H,20,21). The van der Waals surface area contributed by atoms with Crippen LogP contribution in [-0.2, 0) is 12.3 Å². The van der Waals surface area contributed by atoms with E-state index in [0.717, 1.165) is 18.4 Å². The van der Waals surface area contributed by atoms with Gasteiger partial charge in [-0.15, -0.1) is 11.6 Å². The summed E-state index contributed by atoms with van der Waals surface area (Å²) in [5.41, 5.74) is 2.92. The number of carbonyl (C=O) groups excluding carboxylic acids is 1. The summed E-state index contributed by atoms with van der Waals surface area (Å²) in [6.07, 6.45) is 1.88. The number of hydrogen-bond acceptors (Lipinski definition) is 1. The lowest BCUT2D eigenvalue weighted by molar-refractivity contribution is 0.0938. The van der Waals surface area contributed by atoms with E-state index in [9.17, 15) is 4.79 Å². The average Bonchev–Trinajstić information content (AvgIpc) is 2.54. The summed E-state index contributed by atoms with van der Waals surface area (Å²) in [6, 6.07) is 17.9. The molecular formula is C18H20ClNO. The molecule has 1 N–H and O–H groups in total. The van der Waals surface area contributed by atoms with Gasteiger partial charge in [-0.2, -0.15) is 0 Å². The third-order valence-electron chi connectivity index (χ3n) is 3.43. The van der Waals surface area contributed by atoms with Gasteiger partial charge in [0.1, 0.15) is 0 Å². The van der Waals surface area contributed by atoms with Gasteiger partial charge in [-0.1, -0.05) is 42.5 Å². The molecule has 0 aliphatic heterocycles. The zero-order valence-electron chi connectivity index (χ0n) is 12.2. The number of benzene rings is 2. The Morgan fingerprint density at radius 3 is 2.52 bits per heavy atom. The predicted octanol–water partition coefficient (Wildman–Crippen LogP) is 4.18. The second kappa shape index (κ2) is 7.84. The summed E-state index contributed by atoms with van der Waals surface area (Å²) in [7, 11) is 0. The number of halogens is 1. The first-order chi connectivity index (χ1) is 10.2. The van der Waals surface area contributed by atoms with Gasteiger partial charge in [0.05, 0.1) is 0 Å². The predicted molar refractivity (Wildman–Crippen MR) is 87.7 cm³/mol. The van der Waals surface area contributed by atoms with Crippen molar-refractivity contribution in [2.45, 2.75) is 31.7 Å². The number of carbonyl (C=O) groups is 1. The van der Waals surface area contributed by atoms with Crippen molar-refractivity contribution in [3.8, 4) is 0 Å². The van der Waals surface area contributed by atoms with Gasteiger partial charge in [-0.05, 0) is 43.0 Å². The third-order valence-corrected chi connectivity index (χ3v) is 3.74. The monoisotopic (exact) mass is 301 g/mol. The van der Waals surface area contributed by atoms with Gasteiger partial charge >= 0.3 is 0 Å². The van der Waals surface area contributed by atoms with E-state index >= 15 is 0 Å². The first-order valence-electron chi connectivity index (χ1n) is 7.18. The fourth-order valence-corrected chi connectivity index (χ4v) is 2.37. The third kappa shape index (κ3) is 4.91. The van der Waals surface area contributed by atoms with Crippen LogP contribution >= 0.6 is 11.6 Å². The minimum absolute atomic E-state index is 0.0393. The molecule has 0 fully saturated rings. The van der Waals surface area contributed by atoms with Crippen molar-refractivity contribution >= 4 is 17.5 Å². The molecule has 0 radical (unpaired) electrons. The summed E-state index contributed by atoms with van der Waals surface area (Å²) in [5.74, 6) is 0.382. The topological polar surface area (TPSA) is 29.1 Å². The molecule has 0 aromatic heterocycles. The molecule has 110 valence electrons. The Bertz CT molecular complexity index is 583. The highest BCUT2D eigenvalue weighted by Gasteiger charge is 2.10. The molecule has 0 spiro atoms. The van der Waals surface area contributed by atoms with Crippen LogP contribution in [0.25, 0.3) is 0 Å². The smallest absolute Gasteiger partial charge is 0.251 e. The molecule has 1 amide bonds. The van der Waals surface area contributed by atoms with Crippen LogP contribution in [0.15, 0.2) is 54.6 Å². The van der Waals surface area contributed by atoms with Crippen LogP contribution in [0.4, 0.5) is 0 Å². The fraction of sp³-hybridized carbons (Fsp3) is 0.278. The molecule has 0 aliphatic rings. The van der Waals surface area contributed by atoms with Gasteiger partial charge in [-0.3, -0.25) is 4.79 Å². The van der Waals surface area contributed by atoms with Gasteiger partial charge in [0, 0.05) is 17.5 Å². The molecule has 0 saturated carbocycles. The van der Waals surface area contributed by atoms with Crippen LogP contribution in [0, 0.1) is 0 Å². The van der Waals surface area contributed by atoms with E-state index in [-0.39, 0.29) is 11.9 Å². The second-order valence-corrected chi connectivity index (χ2v) is 5.50. The summed E-state index contributed by atoms with van der Waals surface area (Å²) < 4.78 is 0. The SMILES string of the molecule is CC(CCc1ccccc1)NC(=O)c1cccc(CCl)c1. The highest BCUT2D eigenvalue weighted by atomic mass is 35.5. The Labute approximate surface area is 131 Å². The number of hydrogen-bond donors (Lipinski definition) is 1. The summed E-state index contributed by atoms with van der Waals surface area (Å²) in [4.78, 5) is 12.2. The molecular weight excluding hydrogens is 282 g/mol. The largest absolute Gasteiger partial charge is 0.350 e. The van der Waals surface area contributed by atoms with Crippen LogP contribution in [-0.4, -0.2) is 11.9 Å². The molecule has 3 heteroatoms. The van der Waals surface area contributed by atoms with E-state index in [2.05, 4.69) is 17.4 Å². The summed E-state index contributed by atoms with van der Waals surface area (Å²) in [6.45, 7) is 2.03. The Kier molecular flexibility index (Phi) is 5.82. The normalized spacial score (nSPS) is 11.9. The van der Waals surface area contributed by atoms with Crippen molar-refractivity contribution in [3.05, 3.63) is 71.3 Å². The van der Waals surface area contributed by atoms with E-state index in [1.807, 2.05) is 49.4 Å². The van der Waals surface area contributed by atoms with Crippen molar-refractivity contribution in [3.63, 3.8) is 0 Å². The zero-order chi connectivity index (χ0) is 15.1. The molecule has 0 bridgehead atoms. The van der Waals surface area contributed by atoms with Crippen molar-refractivity contribution in [1.82, 2.24) is 5.32 Å². The average molecular weight is 302 g/mol. The first-order valence-corrected chi connectivity index (χ1v) is 7.72. The maximum atomic E-state index is 12.2. The lowest BCUT2D eigenvalue weighted by atomic mass is 10.1. The zero-order valence-corrected chi connectivity index (χ0v) is 12.9. The van der Waals surface area contributed by atoms with E-state index < -0.39 is 0 Å². The number of amides is 1. The summed E-state index contributed by atoms with van der Waals surface area (Å²) in [5, 5.41) is 3.04. The maximum Gasteiger partial charge on any atom is 0.251 e. The van der Waals surface area contributed by atoms with Crippen LogP contribution in [0.2, 0.25) is 0 Å². The molecule has 0 heterocycles. The number of aryl methyl sites for hydroxylation is 1. The van der Waals surface area contributed by atoms with Crippen molar-refractivity contribution in [2.75, 3.05) is 0 Å². The summed E-state index contributed by atoms with van der Waals surface area (Å²) >= 11 is 5.80. The van der Waals surface area contributed by atoms with E-state index in [1.54, 1.807) is 0 Å². The number of nitrogens with one attached hydrogen (secondary N) is 1. The van der Waals surface area contributed by atoms with Gasteiger partial charge in [0.25, 0.3) is 5.91 Å².